The maximum atomic E-state index is 13.2. The largest absolute Gasteiger partial charge is 0.478 e. The summed E-state index contributed by atoms with van der Waals surface area (Å²) in [6.45, 7) is 4.98. The van der Waals surface area contributed by atoms with Crippen molar-refractivity contribution in [3.05, 3.63) is 94.5 Å². The summed E-state index contributed by atoms with van der Waals surface area (Å²) < 4.78 is 0. The average molecular weight is 568 g/mol. The lowest BCUT2D eigenvalue weighted by molar-refractivity contribution is -0.111. The van der Waals surface area contributed by atoms with Crippen molar-refractivity contribution in [1.29, 1.82) is 0 Å². The first-order chi connectivity index (χ1) is 20.3. The smallest absolute Gasteiger partial charge is 0.336 e. The van der Waals surface area contributed by atoms with Crippen molar-refractivity contribution in [2.45, 2.75) is 25.4 Å². The average Bonchev–Trinajstić information content (AvgIpc) is 3.70. The number of carboxylic acid groups (broad SMARTS) is 1. The molecule has 0 saturated carbocycles. The molecule has 0 spiro atoms. The maximum Gasteiger partial charge on any atom is 0.336 e. The number of amides is 2. The number of rotatable bonds is 9. The van der Waals surface area contributed by atoms with Gasteiger partial charge in [-0.3, -0.25) is 19.3 Å². The van der Waals surface area contributed by atoms with Crippen molar-refractivity contribution < 1.29 is 24.3 Å². The van der Waals surface area contributed by atoms with Crippen LogP contribution < -0.4 is 16.0 Å². The van der Waals surface area contributed by atoms with Gasteiger partial charge < -0.3 is 21.1 Å². The van der Waals surface area contributed by atoms with Crippen molar-refractivity contribution in [1.82, 2.24) is 15.3 Å². The van der Waals surface area contributed by atoms with Crippen LogP contribution in [0.5, 0.6) is 0 Å². The van der Waals surface area contributed by atoms with Gasteiger partial charge >= 0.3 is 5.97 Å². The van der Waals surface area contributed by atoms with Gasteiger partial charge in [-0.1, -0.05) is 30.3 Å². The van der Waals surface area contributed by atoms with Gasteiger partial charge in [-0.15, -0.1) is 0 Å². The van der Waals surface area contributed by atoms with Crippen molar-refractivity contribution in [2.75, 3.05) is 43.9 Å². The first kappa shape index (κ1) is 27.6. The van der Waals surface area contributed by atoms with Gasteiger partial charge in [-0.2, -0.15) is 0 Å². The fourth-order valence-electron chi connectivity index (χ4n) is 5.98. The number of piperazine rings is 1. The van der Waals surface area contributed by atoms with Gasteiger partial charge in [0.05, 0.1) is 29.1 Å². The number of carbonyl (C=O) groups excluding carboxylic acids is 2. The fraction of sp³-hybridized carbons (Fsp3) is 0.281. The molecule has 3 aliphatic rings. The summed E-state index contributed by atoms with van der Waals surface area (Å²) in [5.41, 5.74) is 4.68. The lowest BCUT2D eigenvalue weighted by Gasteiger charge is -2.27. The van der Waals surface area contributed by atoms with E-state index in [-0.39, 0.29) is 17.4 Å². The van der Waals surface area contributed by atoms with Gasteiger partial charge in [0.2, 0.25) is 0 Å². The maximum absolute atomic E-state index is 13.2. The van der Waals surface area contributed by atoms with Crippen LogP contribution in [0, 0.1) is 6.92 Å². The highest BCUT2D eigenvalue weighted by molar-refractivity contribution is 6.37. The van der Waals surface area contributed by atoms with E-state index >= 15 is 0 Å². The molecule has 3 aromatic rings. The number of fused-ring (bicyclic) bond motifs is 3. The molecule has 0 aromatic heterocycles. The second-order valence-corrected chi connectivity index (χ2v) is 10.9. The molecule has 10 nitrogen and oxygen atoms in total. The zero-order chi connectivity index (χ0) is 29.4. The third kappa shape index (κ3) is 5.39. The Balaban J connectivity index is 1.20. The normalized spacial score (nSPS) is 20.3. The molecular formula is C32H33N5O5. The fourth-order valence-corrected chi connectivity index (χ4v) is 5.98. The van der Waals surface area contributed by atoms with Crippen LogP contribution in [-0.4, -0.2) is 78.2 Å². The van der Waals surface area contributed by atoms with E-state index in [4.69, 9.17) is 4.84 Å². The predicted molar refractivity (Wildman–Crippen MR) is 160 cm³/mol. The van der Waals surface area contributed by atoms with Crippen LogP contribution in [0.2, 0.25) is 0 Å². The number of benzene rings is 3. The number of aromatic carboxylic acids is 1. The highest BCUT2D eigenvalue weighted by Crippen LogP contribution is 2.39. The minimum Gasteiger partial charge on any atom is -0.478 e. The zero-order valence-corrected chi connectivity index (χ0v) is 23.5. The molecule has 3 heterocycles. The summed E-state index contributed by atoms with van der Waals surface area (Å²) in [7, 11) is 1.62. The second-order valence-electron chi connectivity index (χ2n) is 10.9. The van der Waals surface area contributed by atoms with Crippen molar-refractivity contribution in [2.24, 2.45) is 0 Å². The molecule has 216 valence electrons. The zero-order valence-electron chi connectivity index (χ0n) is 23.5. The van der Waals surface area contributed by atoms with Gasteiger partial charge in [-0.25, -0.2) is 9.86 Å². The Morgan fingerprint density at radius 1 is 1.10 bits per heavy atom. The molecular weight excluding hydrogens is 534 g/mol. The van der Waals surface area contributed by atoms with E-state index in [2.05, 4.69) is 20.9 Å². The molecule has 3 aliphatic heterocycles. The van der Waals surface area contributed by atoms with Crippen LogP contribution in [0.3, 0.4) is 0 Å². The SMILES string of the molecule is Cc1cc2c(cc1C(=O)O)NC(=O)/C2=C(/Nc1ccc(C(=O)N(C)OCCN2C[C@@H]3C[C@H]2CN3)cc1)c1ccccc1. The Morgan fingerprint density at radius 3 is 2.52 bits per heavy atom. The van der Waals surface area contributed by atoms with Crippen molar-refractivity contribution in [3.63, 3.8) is 0 Å². The highest BCUT2D eigenvalue weighted by Gasteiger charge is 2.37. The molecule has 2 atom stereocenters. The van der Waals surface area contributed by atoms with Crippen LogP contribution in [0.15, 0.2) is 66.7 Å². The van der Waals surface area contributed by atoms with Crippen LogP contribution in [0.4, 0.5) is 11.4 Å². The molecule has 0 aliphatic carbocycles. The summed E-state index contributed by atoms with van der Waals surface area (Å²) in [6.07, 6.45) is 1.18. The minimum atomic E-state index is -1.05. The summed E-state index contributed by atoms with van der Waals surface area (Å²) >= 11 is 0. The van der Waals surface area contributed by atoms with Gasteiger partial charge in [0.15, 0.2) is 0 Å². The first-order valence-electron chi connectivity index (χ1n) is 14.0. The van der Waals surface area contributed by atoms with Gasteiger partial charge in [0.25, 0.3) is 11.8 Å². The molecule has 2 fully saturated rings. The van der Waals surface area contributed by atoms with Gasteiger partial charge in [-0.05, 0) is 60.9 Å². The van der Waals surface area contributed by atoms with E-state index < -0.39 is 5.97 Å². The minimum absolute atomic E-state index is 0.138. The van der Waals surface area contributed by atoms with E-state index in [1.807, 2.05) is 30.3 Å². The molecule has 0 unspecified atom stereocenters. The number of carbonyl (C=O) groups is 3. The number of hydroxylamine groups is 2. The molecule has 2 amide bonds. The Bertz CT molecular complexity index is 1570. The Morgan fingerprint density at radius 2 is 1.86 bits per heavy atom. The van der Waals surface area contributed by atoms with Crippen LogP contribution >= 0.6 is 0 Å². The summed E-state index contributed by atoms with van der Waals surface area (Å²) in [5, 5.41) is 20.5. The topological polar surface area (TPSA) is 123 Å². The number of hydrogen-bond acceptors (Lipinski definition) is 7. The summed E-state index contributed by atoms with van der Waals surface area (Å²) in [5.74, 6) is -1.63. The molecule has 2 saturated heterocycles. The quantitative estimate of drug-likeness (QED) is 0.228. The third-order valence-electron chi connectivity index (χ3n) is 8.17. The molecule has 0 radical (unpaired) electrons. The number of anilines is 2. The van der Waals surface area contributed by atoms with E-state index in [0.717, 1.165) is 25.2 Å². The highest BCUT2D eigenvalue weighted by atomic mass is 16.7. The predicted octanol–water partition coefficient (Wildman–Crippen LogP) is 3.68. The van der Waals surface area contributed by atoms with Crippen LogP contribution in [-0.2, 0) is 9.63 Å². The molecule has 6 rings (SSSR count). The van der Waals surface area contributed by atoms with Crippen molar-refractivity contribution >= 4 is 40.4 Å². The first-order valence-corrected chi connectivity index (χ1v) is 14.0. The van der Waals surface area contributed by atoms with E-state index in [9.17, 15) is 19.5 Å². The van der Waals surface area contributed by atoms with Gasteiger partial charge in [0, 0.05) is 55.6 Å². The molecule has 42 heavy (non-hydrogen) atoms. The van der Waals surface area contributed by atoms with E-state index in [0.29, 0.717) is 58.0 Å². The van der Waals surface area contributed by atoms with Crippen LogP contribution in [0.1, 0.15) is 43.8 Å². The number of carboxylic acids is 1. The number of aryl methyl sites for hydroxylation is 1. The lowest BCUT2D eigenvalue weighted by atomic mass is 9.96. The van der Waals surface area contributed by atoms with Gasteiger partial charge in [0.1, 0.15) is 0 Å². The number of likely N-dealkylation sites (tertiary alicyclic amines) is 1. The molecule has 10 heteroatoms. The Kier molecular flexibility index (Phi) is 7.51. The third-order valence-corrected chi connectivity index (χ3v) is 8.17. The van der Waals surface area contributed by atoms with Crippen LogP contribution in [0.25, 0.3) is 11.3 Å². The molecule has 4 N–H and O–H groups in total. The van der Waals surface area contributed by atoms with E-state index in [1.54, 1.807) is 44.3 Å². The summed E-state index contributed by atoms with van der Waals surface area (Å²) in [4.78, 5) is 46.0. The Hall–Kier alpha value is -4.51. The summed E-state index contributed by atoms with van der Waals surface area (Å²) in [6, 6.07) is 20.8. The molecule has 3 aromatic carbocycles. The number of nitrogens with zero attached hydrogens (tertiary/aromatic N) is 2. The number of nitrogens with one attached hydrogen (secondary N) is 3. The Labute approximate surface area is 243 Å². The lowest BCUT2D eigenvalue weighted by Crippen LogP contribution is -2.45. The molecule has 2 bridgehead atoms. The monoisotopic (exact) mass is 567 g/mol. The second kappa shape index (κ2) is 11.4. The standard InChI is InChI=1S/C32H33N5O5/c1-19-14-26-27(16-25(19)32(40)41)35-30(38)28(26)29(20-6-4-3-5-7-20)34-22-10-8-21(9-11-22)31(39)36(2)42-13-12-37-18-23-15-24(37)17-33-23/h3-11,14,16,23-24,33-34H,12-13,15,17-18H2,1-2H3,(H,35,38)(H,40,41)/b29-28+/t23-,24-/m0/s1. The van der Waals surface area contributed by atoms with Crippen molar-refractivity contribution in [3.8, 4) is 0 Å². The van der Waals surface area contributed by atoms with E-state index in [1.165, 1.54) is 17.6 Å². The number of hydrogen-bond donors (Lipinski definition) is 4.